The van der Waals surface area contributed by atoms with Crippen molar-refractivity contribution in [3.8, 4) is 11.5 Å². The predicted octanol–water partition coefficient (Wildman–Crippen LogP) is 4.31. The van der Waals surface area contributed by atoms with Crippen LogP contribution in [-0.2, 0) is 0 Å². The molecule has 0 saturated heterocycles. The van der Waals surface area contributed by atoms with Crippen LogP contribution < -0.4 is 10.5 Å². The molecule has 104 valence electrons. The van der Waals surface area contributed by atoms with Gasteiger partial charge in [0.05, 0.1) is 5.56 Å². The molecule has 0 fully saturated rings. The molecule has 5 heteroatoms. The van der Waals surface area contributed by atoms with Crippen LogP contribution in [0.4, 0.5) is 0 Å². The van der Waals surface area contributed by atoms with Crippen LogP contribution >= 0.6 is 23.8 Å². The quantitative estimate of drug-likeness (QED) is 0.732. The van der Waals surface area contributed by atoms with Crippen LogP contribution in [0.15, 0.2) is 54.7 Å². The molecule has 0 radical (unpaired) electrons. The molecular formula is C16H11ClN2OS. The summed E-state index contributed by atoms with van der Waals surface area (Å²) in [5, 5.41) is 1.56. The molecule has 2 aromatic carbocycles. The highest BCUT2D eigenvalue weighted by atomic mass is 35.5. The molecular weight excluding hydrogens is 304 g/mol. The number of ether oxygens (including phenoxy) is 1. The topological polar surface area (TPSA) is 48.1 Å². The zero-order valence-corrected chi connectivity index (χ0v) is 12.5. The number of para-hydroxylation sites is 1. The molecule has 1 aromatic heterocycles. The lowest BCUT2D eigenvalue weighted by atomic mass is 10.2. The summed E-state index contributed by atoms with van der Waals surface area (Å²) < 4.78 is 5.95. The number of nitrogens with two attached hydrogens (primary N) is 1. The number of aromatic nitrogens is 1. The molecule has 0 bridgehead atoms. The highest BCUT2D eigenvalue weighted by molar-refractivity contribution is 7.80. The van der Waals surface area contributed by atoms with Crippen LogP contribution in [0.25, 0.3) is 10.9 Å². The fourth-order valence-corrected chi connectivity index (χ4v) is 2.39. The molecule has 0 aliphatic carbocycles. The van der Waals surface area contributed by atoms with Crippen LogP contribution in [-0.4, -0.2) is 9.97 Å². The summed E-state index contributed by atoms with van der Waals surface area (Å²) in [6.45, 7) is 0. The van der Waals surface area contributed by atoms with Gasteiger partial charge in [0.1, 0.15) is 16.3 Å². The highest BCUT2D eigenvalue weighted by Gasteiger charge is 2.10. The minimum atomic E-state index is 0.237. The van der Waals surface area contributed by atoms with Crippen molar-refractivity contribution in [1.82, 2.24) is 4.98 Å². The average Bonchev–Trinajstić information content (AvgIpc) is 2.49. The summed E-state index contributed by atoms with van der Waals surface area (Å²) in [6, 6.07) is 14.8. The number of halogens is 1. The summed E-state index contributed by atoms with van der Waals surface area (Å²) in [5.41, 5.74) is 7.11. The summed E-state index contributed by atoms with van der Waals surface area (Å²) >= 11 is 11.0. The Morgan fingerprint density at radius 1 is 1.10 bits per heavy atom. The molecule has 0 aliphatic heterocycles. The Kier molecular flexibility index (Phi) is 3.73. The van der Waals surface area contributed by atoms with E-state index in [-0.39, 0.29) is 4.99 Å². The first kappa shape index (κ1) is 13.8. The van der Waals surface area contributed by atoms with E-state index in [0.29, 0.717) is 22.1 Å². The molecule has 3 aromatic rings. The Labute approximate surface area is 132 Å². The van der Waals surface area contributed by atoms with Crippen molar-refractivity contribution in [3.63, 3.8) is 0 Å². The van der Waals surface area contributed by atoms with Gasteiger partial charge < -0.3 is 10.5 Å². The minimum Gasteiger partial charge on any atom is -0.454 e. The zero-order valence-electron chi connectivity index (χ0n) is 10.9. The lowest BCUT2D eigenvalue weighted by molar-refractivity contribution is 0.486. The van der Waals surface area contributed by atoms with Crippen LogP contribution in [0.3, 0.4) is 0 Å². The van der Waals surface area contributed by atoms with E-state index in [9.17, 15) is 0 Å². The third-order valence-corrected chi connectivity index (χ3v) is 3.48. The third-order valence-electron chi connectivity index (χ3n) is 3.02. The lowest BCUT2D eigenvalue weighted by Crippen LogP contribution is -2.10. The molecule has 0 aliphatic rings. The van der Waals surface area contributed by atoms with E-state index in [1.807, 2.05) is 30.3 Å². The second-order valence-electron chi connectivity index (χ2n) is 4.44. The second-order valence-corrected chi connectivity index (χ2v) is 5.31. The van der Waals surface area contributed by atoms with E-state index in [0.717, 1.165) is 10.9 Å². The number of pyridine rings is 1. The van der Waals surface area contributed by atoms with Gasteiger partial charge in [0.15, 0.2) is 5.75 Å². The maximum atomic E-state index is 5.98. The fourth-order valence-electron chi connectivity index (χ4n) is 2.06. The van der Waals surface area contributed by atoms with Crippen LogP contribution in [0, 0.1) is 0 Å². The largest absolute Gasteiger partial charge is 0.454 e. The molecule has 0 unspecified atom stereocenters. The number of nitrogens with zero attached hydrogens (tertiary/aromatic N) is 1. The summed E-state index contributed by atoms with van der Waals surface area (Å²) in [5.74, 6) is 1.21. The molecule has 2 N–H and O–H groups in total. The van der Waals surface area contributed by atoms with Gasteiger partial charge in [0.2, 0.25) is 0 Å². The average molecular weight is 315 g/mol. The second kappa shape index (κ2) is 5.68. The Bertz CT molecular complexity index is 830. The van der Waals surface area contributed by atoms with Crippen LogP contribution in [0.1, 0.15) is 5.56 Å². The summed E-state index contributed by atoms with van der Waals surface area (Å²) in [7, 11) is 0. The SMILES string of the molecule is NC(=S)c1cc(Cl)ccc1Oc1cccc2cccnc12. The number of benzene rings is 2. The van der Waals surface area contributed by atoms with Crippen molar-refractivity contribution in [3.05, 3.63) is 65.3 Å². The molecule has 0 amide bonds. The normalized spacial score (nSPS) is 10.5. The standard InChI is InChI=1S/C16H11ClN2OS/c17-11-6-7-13(12(9-11)16(18)21)20-14-5-1-3-10-4-2-8-19-15(10)14/h1-9H,(H2,18,21). The van der Waals surface area contributed by atoms with Gasteiger partial charge >= 0.3 is 0 Å². The van der Waals surface area contributed by atoms with Gasteiger partial charge in [-0.2, -0.15) is 0 Å². The van der Waals surface area contributed by atoms with Crippen molar-refractivity contribution in [2.45, 2.75) is 0 Å². The first-order valence-corrected chi connectivity index (χ1v) is 7.05. The Hall–Kier alpha value is -2.17. The number of fused-ring (bicyclic) bond motifs is 1. The van der Waals surface area contributed by atoms with E-state index in [2.05, 4.69) is 4.98 Å². The van der Waals surface area contributed by atoms with Crippen molar-refractivity contribution < 1.29 is 4.74 Å². The van der Waals surface area contributed by atoms with Gasteiger partial charge in [-0.1, -0.05) is 42.0 Å². The van der Waals surface area contributed by atoms with Gasteiger partial charge in [-0.3, -0.25) is 4.98 Å². The Balaban J connectivity index is 2.09. The van der Waals surface area contributed by atoms with E-state index in [4.69, 9.17) is 34.3 Å². The van der Waals surface area contributed by atoms with Crippen LogP contribution in [0.5, 0.6) is 11.5 Å². The van der Waals surface area contributed by atoms with Crippen molar-refractivity contribution in [1.29, 1.82) is 0 Å². The molecule has 3 rings (SSSR count). The van der Waals surface area contributed by atoms with E-state index >= 15 is 0 Å². The first-order valence-electron chi connectivity index (χ1n) is 6.26. The van der Waals surface area contributed by atoms with Gasteiger partial charge in [0.25, 0.3) is 0 Å². The molecule has 0 saturated carbocycles. The van der Waals surface area contributed by atoms with Gasteiger partial charge in [0, 0.05) is 16.6 Å². The maximum Gasteiger partial charge on any atom is 0.153 e. The van der Waals surface area contributed by atoms with E-state index in [1.54, 1.807) is 24.4 Å². The van der Waals surface area contributed by atoms with Gasteiger partial charge in [-0.25, -0.2) is 0 Å². The minimum absolute atomic E-state index is 0.237. The van der Waals surface area contributed by atoms with Crippen molar-refractivity contribution in [2.24, 2.45) is 5.73 Å². The molecule has 0 atom stereocenters. The lowest BCUT2D eigenvalue weighted by Gasteiger charge is -2.12. The molecule has 3 nitrogen and oxygen atoms in total. The molecule has 1 heterocycles. The maximum absolute atomic E-state index is 5.98. The smallest absolute Gasteiger partial charge is 0.153 e. The number of thiocarbonyl (C=S) groups is 1. The van der Waals surface area contributed by atoms with Crippen LogP contribution in [0.2, 0.25) is 5.02 Å². The monoisotopic (exact) mass is 314 g/mol. The first-order chi connectivity index (χ1) is 10.1. The Morgan fingerprint density at radius 3 is 2.71 bits per heavy atom. The molecule has 0 spiro atoms. The number of rotatable bonds is 3. The van der Waals surface area contributed by atoms with E-state index < -0.39 is 0 Å². The zero-order chi connectivity index (χ0) is 14.8. The Morgan fingerprint density at radius 2 is 1.90 bits per heavy atom. The number of hydrogen-bond donors (Lipinski definition) is 1. The number of hydrogen-bond acceptors (Lipinski definition) is 3. The third kappa shape index (κ3) is 2.82. The van der Waals surface area contributed by atoms with E-state index in [1.165, 1.54) is 0 Å². The van der Waals surface area contributed by atoms with Gasteiger partial charge in [-0.15, -0.1) is 0 Å². The van der Waals surface area contributed by atoms with Crippen molar-refractivity contribution in [2.75, 3.05) is 0 Å². The van der Waals surface area contributed by atoms with Gasteiger partial charge in [-0.05, 0) is 30.3 Å². The summed E-state index contributed by atoms with van der Waals surface area (Å²) in [6.07, 6.45) is 1.73. The fraction of sp³-hybridized carbons (Fsp3) is 0. The molecule has 21 heavy (non-hydrogen) atoms. The highest BCUT2D eigenvalue weighted by Crippen LogP contribution is 2.31. The predicted molar refractivity (Wildman–Crippen MR) is 89.2 cm³/mol. The van der Waals surface area contributed by atoms with Crippen molar-refractivity contribution >= 4 is 39.7 Å². The summed E-state index contributed by atoms with van der Waals surface area (Å²) in [4.78, 5) is 4.59.